The lowest BCUT2D eigenvalue weighted by Crippen LogP contribution is -2.54. The SMILES string of the molecule is COC(=O)c1cc(F)ccc1OC1CCN(C(=O)[C@@H](NC(=O)OC(C)(C)C)C(C)C)CC1. The second-order valence-electron chi connectivity index (χ2n) is 9.14. The first-order valence-electron chi connectivity index (χ1n) is 10.7. The maximum Gasteiger partial charge on any atom is 0.408 e. The Hall–Kier alpha value is -2.84. The van der Waals surface area contributed by atoms with Crippen LogP contribution in [0.5, 0.6) is 5.75 Å². The van der Waals surface area contributed by atoms with Gasteiger partial charge in [-0.2, -0.15) is 0 Å². The molecule has 0 saturated carbocycles. The van der Waals surface area contributed by atoms with E-state index in [4.69, 9.17) is 14.2 Å². The zero-order valence-electron chi connectivity index (χ0n) is 19.6. The molecular weight excluding hydrogens is 419 g/mol. The number of carbonyl (C=O) groups excluding carboxylic acids is 3. The molecule has 0 aliphatic carbocycles. The van der Waals surface area contributed by atoms with Gasteiger partial charge in [-0.3, -0.25) is 4.79 Å². The zero-order chi connectivity index (χ0) is 24.1. The quantitative estimate of drug-likeness (QED) is 0.664. The highest BCUT2D eigenvalue weighted by molar-refractivity contribution is 5.92. The van der Waals surface area contributed by atoms with Crippen molar-refractivity contribution in [2.45, 2.75) is 65.2 Å². The van der Waals surface area contributed by atoms with E-state index in [9.17, 15) is 18.8 Å². The Kier molecular flexibility index (Phi) is 8.46. The van der Waals surface area contributed by atoms with Crippen molar-refractivity contribution in [1.29, 1.82) is 0 Å². The third-order valence-corrected chi connectivity index (χ3v) is 5.00. The minimum absolute atomic E-state index is 0.0208. The van der Waals surface area contributed by atoms with Crippen LogP contribution in [0.15, 0.2) is 18.2 Å². The van der Waals surface area contributed by atoms with Crippen molar-refractivity contribution < 1.29 is 33.0 Å². The summed E-state index contributed by atoms with van der Waals surface area (Å²) < 4.78 is 29.4. The number of benzene rings is 1. The number of esters is 1. The number of methoxy groups -OCH3 is 1. The highest BCUT2D eigenvalue weighted by atomic mass is 19.1. The van der Waals surface area contributed by atoms with Crippen LogP contribution in [0.25, 0.3) is 0 Å². The lowest BCUT2D eigenvalue weighted by atomic mass is 10.0. The highest BCUT2D eigenvalue weighted by Crippen LogP contribution is 2.25. The Balaban J connectivity index is 1.98. The van der Waals surface area contributed by atoms with Gasteiger partial charge in [-0.05, 0) is 44.9 Å². The number of nitrogens with zero attached hydrogens (tertiary/aromatic N) is 1. The number of hydrogen-bond acceptors (Lipinski definition) is 6. The largest absolute Gasteiger partial charge is 0.489 e. The van der Waals surface area contributed by atoms with Gasteiger partial charge in [0.25, 0.3) is 0 Å². The first-order valence-corrected chi connectivity index (χ1v) is 10.7. The standard InChI is InChI=1S/C23H33FN2O6/c1-14(2)19(25-22(29)32-23(3,4)5)20(27)26-11-9-16(10-12-26)31-18-8-7-15(24)13-17(18)21(28)30-6/h7-8,13-14,16,19H,9-12H2,1-6H3,(H,25,29)/t19-/m0/s1. The van der Waals surface area contributed by atoms with Crippen molar-refractivity contribution in [2.24, 2.45) is 5.92 Å². The number of rotatable bonds is 6. The highest BCUT2D eigenvalue weighted by Gasteiger charge is 2.33. The minimum atomic E-state index is -0.703. The molecule has 1 aliphatic heterocycles. The van der Waals surface area contributed by atoms with E-state index in [2.05, 4.69) is 5.32 Å². The van der Waals surface area contributed by atoms with Gasteiger partial charge in [-0.15, -0.1) is 0 Å². The van der Waals surface area contributed by atoms with Crippen LogP contribution < -0.4 is 10.1 Å². The molecule has 1 N–H and O–H groups in total. The Labute approximate surface area is 188 Å². The van der Waals surface area contributed by atoms with Gasteiger partial charge in [0.2, 0.25) is 5.91 Å². The van der Waals surface area contributed by atoms with Gasteiger partial charge in [0.1, 0.15) is 34.9 Å². The van der Waals surface area contributed by atoms with E-state index in [1.807, 2.05) is 13.8 Å². The van der Waals surface area contributed by atoms with Gasteiger partial charge < -0.3 is 24.4 Å². The Morgan fingerprint density at radius 2 is 1.78 bits per heavy atom. The summed E-state index contributed by atoms with van der Waals surface area (Å²) in [6.45, 7) is 9.86. The van der Waals surface area contributed by atoms with Crippen molar-refractivity contribution in [3.05, 3.63) is 29.6 Å². The average Bonchev–Trinajstić information content (AvgIpc) is 2.71. The van der Waals surface area contributed by atoms with Gasteiger partial charge in [-0.25, -0.2) is 14.0 Å². The normalized spacial score (nSPS) is 15.8. The molecule has 0 spiro atoms. The molecule has 2 amide bonds. The summed E-state index contributed by atoms with van der Waals surface area (Å²) in [6, 6.07) is 3.00. The number of ether oxygens (including phenoxy) is 3. The Bertz CT molecular complexity index is 828. The molecule has 0 radical (unpaired) electrons. The molecule has 1 atom stereocenters. The second-order valence-corrected chi connectivity index (χ2v) is 9.14. The molecule has 1 heterocycles. The molecular formula is C23H33FN2O6. The van der Waals surface area contributed by atoms with E-state index in [1.165, 1.54) is 19.2 Å². The first kappa shape index (κ1) is 25.4. The van der Waals surface area contributed by atoms with Crippen LogP contribution in [0.1, 0.15) is 57.8 Å². The third kappa shape index (κ3) is 7.10. The molecule has 32 heavy (non-hydrogen) atoms. The van der Waals surface area contributed by atoms with Gasteiger partial charge in [0, 0.05) is 25.9 Å². The lowest BCUT2D eigenvalue weighted by Gasteiger charge is -2.35. The molecule has 0 aromatic heterocycles. The van der Waals surface area contributed by atoms with E-state index in [1.54, 1.807) is 25.7 Å². The van der Waals surface area contributed by atoms with Crippen LogP contribution in [-0.4, -0.2) is 60.8 Å². The Morgan fingerprint density at radius 1 is 1.16 bits per heavy atom. The molecule has 178 valence electrons. The Morgan fingerprint density at radius 3 is 2.31 bits per heavy atom. The molecule has 1 aromatic carbocycles. The zero-order valence-corrected chi connectivity index (χ0v) is 19.6. The van der Waals surface area contributed by atoms with Gasteiger partial charge in [0.05, 0.1) is 7.11 Å². The number of amides is 2. The summed E-state index contributed by atoms with van der Waals surface area (Å²) in [5, 5.41) is 2.68. The predicted octanol–water partition coefficient (Wildman–Crippen LogP) is 3.53. The van der Waals surface area contributed by atoms with Crippen LogP contribution >= 0.6 is 0 Å². The monoisotopic (exact) mass is 452 g/mol. The van der Waals surface area contributed by atoms with Crippen molar-refractivity contribution in [3.63, 3.8) is 0 Å². The third-order valence-electron chi connectivity index (χ3n) is 5.00. The van der Waals surface area contributed by atoms with Crippen molar-refractivity contribution in [3.8, 4) is 5.75 Å². The van der Waals surface area contributed by atoms with Crippen LogP contribution in [0.2, 0.25) is 0 Å². The van der Waals surface area contributed by atoms with Crippen LogP contribution in [0.4, 0.5) is 9.18 Å². The van der Waals surface area contributed by atoms with E-state index in [-0.39, 0.29) is 29.2 Å². The van der Waals surface area contributed by atoms with E-state index < -0.39 is 29.5 Å². The number of halogens is 1. The maximum atomic E-state index is 13.5. The van der Waals surface area contributed by atoms with Gasteiger partial charge in [-0.1, -0.05) is 13.8 Å². The molecule has 1 aliphatic rings. The smallest absolute Gasteiger partial charge is 0.408 e. The summed E-state index contributed by atoms with van der Waals surface area (Å²) in [6.07, 6.45) is 0.181. The van der Waals surface area contributed by atoms with Crippen molar-refractivity contribution in [2.75, 3.05) is 20.2 Å². The maximum absolute atomic E-state index is 13.5. The molecule has 2 rings (SSSR count). The average molecular weight is 453 g/mol. The number of piperidine rings is 1. The minimum Gasteiger partial charge on any atom is -0.489 e. The molecule has 9 heteroatoms. The predicted molar refractivity (Wildman–Crippen MR) is 116 cm³/mol. The molecule has 1 saturated heterocycles. The molecule has 0 unspecified atom stereocenters. The summed E-state index contributed by atoms with van der Waals surface area (Å²) in [4.78, 5) is 38.8. The molecule has 0 bridgehead atoms. The van der Waals surface area contributed by atoms with Crippen molar-refractivity contribution >= 4 is 18.0 Å². The molecule has 8 nitrogen and oxygen atoms in total. The first-order chi connectivity index (χ1) is 14.9. The number of nitrogens with one attached hydrogen (secondary N) is 1. The molecule has 1 fully saturated rings. The summed E-state index contributed by atoms with van der Waals surface area (Å²) >= 11 is 0. The van der Waals surface area contributed by atoms with Crippen LogP contribution in [-0.2, 0) is 14.3 Å². The fourth-order valence-electron chi connectivity index (χ4n) is 3.39. The number of alkyl carbamates (subject to hydrolysis) is 1. The second kappa shape index (κ2) is 10.7. The topological polar surface area (TPSA) is 94.2 Å². The summed E-state index contributed by atoms with van der Waals surface area (Å²) in [7, 11) is 1.22. The number of carbonyl (C=O) groups is 3. The van der Waals surface area contributed by atoms with Gasteiger partial charge in [0.15, 0.2) is 0 Å². The molecule has 1 aromatic rings. The van der Waals surface area contributed by atoms with Crippen LogP contribution in [0.3, 0.4) is 0 Å². The number of hydrogen-bond donors (Lipinski definition) is 1. The van der Waals surface area contributed by atoms with Gasteiger partial charge >= 0.3 is 12.1 Å². The number of likely N-dealkylation sites (tertiary alicyclic amines) is 1. The summed E-state index contributed by atoms with van der Waals surface area (Å²) in [5.74, 6) is -1.29. The van der Waals surface area contributed by atoms with Crippen molar-refractivity contribution in [1.82, 2.24) is 10.2 Å². The van der Waals surface area contributed by atoms with E-state index in [0.717, 1.165) is 6.07 Å². The van der Waals surface area contributed by atoms with Crippen LogP contribution in [0, 0.1) is 11.7 Å². The van der Waals surface area contributed by atoms with E-state index in [0.29, 0.717) is 25.9 Å². The fraction of sp³-hybridized carbons (Fsp3) is 0.609. The fourth-order valence-corrected chi connectivity index (χ4v) is 3.39. The van der Waals surface area contributed by atoms with E-state index >= 15 is 0 Å². The summed E-state index contributed by atoms with van der Waals surface area (Å²) in [5.41, 5.74) is -0.638. The lowest BCUT2D eigenvalue weighted by molar-refractivity contribution is -0.136.